The Morgan fingerprint density at radius 3 is 2.65 bits per heavy atom. The molecule has 0 bridgehead atoms. The van der Waals surface area contributed by atoms with Gasteiger partial charge in [-0.25, -0.2) is 0 Å². The predicted octanol–water partition coefficient (Wildman–Crippen LogP) is 3.47. The van der Waals surface area contributed by atoms with Gasteiger partial charge in [-0.3, -0.25) is 0 Å². The second kappa shape index (κ2) is 7.91. The topological polar surface area (TPSA) is 24.1 Å². The summed E-state index contributed by atoms with van der Waals surface area (Å²) in [6, 6.07) is 0.588. The standard InChI is InChI=1S/C14H28N2S/c1-4-5-10-15-14(17)16-13-9-7-6-8-12(13)11(2)3/h11-13H,4-10H2,1-3H3,(H2,15,16,17). The number of unbranched alkanes of at least 4 members (excludes halogenated alkanes) is 1. The summed E-state index contributed by atoms with van der Waals surface area (Å²) < 4.78 is 0. The molecule has 2 N–H and O–H groups in total. The van der Waals surface area contributed by atoms with E-state index in [2.05, 4.69) is 31.4 Å². The average molecular weight is 256 g/mol. The zero-order valence-electron chi connectivity index (χ0n) is 11.6. The maximum Gasteiger partial charge on any atom is 0.166 e. The molecule has 2 atom stereocenters. The van der Waals surface area contributed by atoms with Crippen molar-refractivity contribution in [1.29, 1.82) is 0 Å². The molecule has 0 aromatic rings. The molecule has 0 heterocycles. The minimum Gasteiger partial charge on any atom is -0.363 e. The van der Waals surface area contributed by atoms with Gasteiger partial charge in [0, 0.05) is 12.6 Å². The molecule has 1 rings (SSSR count). The minimum absolute atomic E-state index is 0.588. The summed E-state index contributed by atoms with van der Waals surface area (Å²) in [6.07, 6.45) is 7.77. The summed E-state index contributed by atoms with van der Waals surface area (Å²) in [7, 11) is 0. The zero-order valence-corrected chi connectivity index (χ0v) is 12.4. The van der Waals surface area contributed by atoms with Crippen LogP contribution in [0.15, 0.2) is 0 Å². The summed E-state index contributed by atoms with van der Waals surface area (Å²) >= 11 is 5.37. The third-order valence-electron chi connectivity index (χ3n) is 3.81. The van der Waals surface area contributed by atoms with Crippen molar-refractivity contribution >= 4 is 17.3 Å². The highest BCUT2D eigenvalue weighted by Crippen LogP contribution is 2.30. The van der Waals surface area contributed by atoms with E-state index in [4.69, 9.17) is 12.2 Å². The monoisotopic (exact) mass is 256 g/mol. The van der Waals surface area contributed by atoms with Crippen LogP contribution in [-0.4, -0.2) is 17.7 Å². The van der Waals surface area contributed by atoms with Crippen LogP contribution >= 0.6 is 12.2 Å². The number of nitrogens with one attached hydrogen (secondary N) is 2. The van der Waals surface area contributed by atoms with Crippen molar-refractivity contribution in [3.8, 4) is 0 Å². The molecule has 2 unspecified atom stereocenters. The number of rotatable bonds is 5. The van der Waals surface area contributed by atoms with Crippen LogP contribution in [0.25, 0.3) is 0 Å². The molecule has 1 aliphatic carbocycles. The lowest BCUT2D eigenvalue weighted by Crippen LogP contribution is -2.48. The third kappa shape index (κ3) is 5.24. The summed E-state index contributed by atoms with van der Waals surface area (Å²) in [5.74, 6) is 1.54. The molecule has 1 aliphatic rings. The Kier molecular flexibility index (Phi) is 6.86. The normalized spacial score (nSPS) is 24.7. The molecule has 3 heteroatoms. The van der Waals surface area contributed by atoms with Gasteiger partial charge < -0.3 is 10.6 Å². The van der Waals surface area contributed by atoms with Crippen molar-refractivity contribution in [2.24, 2.45) is 11.8 Å². The van der Waals surface area contributed by atoms with Gasteiger partial charge in [-0.15, -0.1) is 0 Å². The van der Waals surface area contributed by atoms with E-state index in [0.29, 0.717) is 6.04 Å². The van der Waals surface area contributed by atoms with Crippen LogP contribution in [0.2, 0.25) is 0 Å². The fourth-order valence-electron chi connectivity index (χ4n) is 2.73. The summed E-state index contributed by atoms with van der Waals surface area (Å²) in [4.78, 5) is 0. The van der Waals surface area contributed by atoms with E-state index < -0.39 is 0 Å². The van der Waals surface area contributed by atoms with E-state index in [1.807, 2.05) is 0 Å². The molecule has 0 aliphatic heterocycles. The Hall–Kier alpha value is -0.310. The first-order chi connectivity index (χ1) is 8.15. The Morgan fingerprint density at radius 1 is 1.29 bits per heavy atom. The van der Waals surface area contributed by atoms with E-state index in [9.17, 15) is 0 Å². The molecule has 0 radical (unpaired) electrons. The smallest absolute Gasteiger partial charge is 0.166 e. The van der Waals surface area contributed by atoms with Crippen LogP contribution in [0.1, 0.15) is 59.3 Å². The van der Waals surface area contributed by atoms with E-state index in [0.717, 1.165) is 23.5 Å². The highest BCUT2D eigenvalue weighted by molar-refractivity contribution is 7.80. The lowest BCUT2D eigenvalue weighted by molar-refractivity contribution is 0.224. The third-order valence-corrected chi connectivity index (χ3v) is 4.07. The Labute approximate surface area is 112 Å². The van der Waals surface area contributed by atoms with Gasteiger partial charge in [-0.1, -0.05) is 40.0 Å². The highest BCUT2D eigenvalue weighted by Gasteiger charge is 2.27. The lowest BCUT2D eigenvalue weighted by atomic mass is 9.78. The number of thiocarbonyl (C=S) groups is 1. The van der Waals surface area contributed by atoms with Crippen LogP contribution < -0.4 is 10.6 Å². The van der Waals surface area contributed by atoms with Gasteiger partial charge in [-0.05, 0) is 43.3 Å². The SMILES string of the molecule is CCCCNC(=S)NC1CCCCC1C(C)C. The minimum atomic E-state index is 0.588. The van der Waals surface area contributed by atoms with Crippen molar-refractivity contribution in [2.75, 3.05) is 6.54 Å². The van der Waals surface area contributed by atoms with Crippen LogP contribution in [0.3, 0.4) is 0 Å². The average Bonchev–Trinajstić information content (AvgIpc) is 2.29. The van der Waals surface area contributed by atoms with Crippen molar-refractivity contribution in [3.63, 3.8) is 0 Å². The molecule has 0 spiro atoms. The van der Waals surface area contributed by atoms with E-state index >= 15 is 0 Å². The van der Waals surface area contributed by atoms with E-state index in [-0.39, 0.29) is 0 Å². The summed E-state index contributed by atoms with van der Waals surface area (Å²) in [5.41, 5.74) is 0. The number of hydrogen-bond acceptors (Lipinski definition) is 1. The first-order valence-electron chi connectivity index (χ1n) is 7.19. The van der Waals surface area contributed by atoms with Gasteiger partial charge in [-0.2, -0.15) is 0 Å². The quantitative estimate of drug-likeness (QED) is 0.582. The maximum atomic E-state index is 5.37. The fraction of sp³-hybridized carbons (Fsp3) is 0.929. The van der Waals surface area contributed by atoms with Crippen molar-refractivity contribution in [2.45, 2.75) is 65.3 Å². The van der Waals surface area contributed by atoms with Gasteiger partial charge in [0.15, 0.2) is 5.11 Å². The van der Waals surface area contributed by atoms with Gasteiger partial charge in [0.1, 0.15) is 0 Å². The lowest BCUT2D eigenvalue weighted by Gasteiger charge is -2.35. The summed E-state index contributed by atoms with van der Waals surface area (Å²) in [5, 5.41) is 7.70. The van der Waals surface area contributed by atoms with Crippen LogP contribution in [0.5, 0.6) is 0 Å². The van der Waals surface area contributed by atoms with Crippen LogP contribution in [0.4, 0.5) is 0 Å². The Bertz CT molecular complexity index is 228. The number of hydrogen-bond donors (Lipinski definition) is 2. The molecule has 0 aromatic heterocycles. The largest absolute Gasteiger partial charge is 0.363 e. The van der Waals surface area contributed by atoms with Crippen LogP contribution in [-0.2, 0) is 0 Å². The second-order valence-electron chi connectivity index (χ2n) is 5.55. The maximum absolute atomic E-state index is 5.37. The van der Waals surface area contributed by atoms with Gasteiger partial charge >= 0.3 is 0 Å². The van der Waals surface area contributed by atoms with Gasteiger partial charge in [0.25, 0.3) is 0 Å². The summed E-state index contributed by atoms with van der Waals surface area (Å²) in [6.45, 7) is 7.87. The van der Waals surface area contributed by atoms with E-state index in [1.165, 1.54) is 38.5 Å². The molecular formula is C14H28N2S. The molecule has 0 amide bonds. The van der Waals surface area contributed by atoms with E-state index in [1.54, 1.807) is 0 Å². The molecular weight excluding hydrogens is 228 g/mol. The van der Waals surface area contributed by atoms with Crippen molar-refractivity contribution < 1.29 is 0 Å². The fourth-order valence-corrected chi connectivity index (χ4v) is 2.99. The molecule has 0 saturated heterocycles. The molecule has 1 saturated carbocycles. The Morgan fingerprint density at radius 2 is 2.00 bits per heavy atom. The van der Waals surface area contributed by atoms with Crippen LogP contribution in [0, 0.1) is 11.8 Å². The first-order valence-corrected chi connectivity index (χ1v) is 7.60. The van der Waals surface area contributed by atoms with Gasteiger partial charge in [0.2, 0.25) is 0 Å². The molecule has 17 heavy (non-hydrogen) atoms. The zero-order chi connectivity index (χ0) is 12.7. The molecule has 0 aromatic carbocycles. The predicted molar refractivity (Wildman–Crippen MR) is 79.2 cm³/mol. The van der Waals surface area contributed by atoms with Crippen molar-refractivity contribution in [3.05, 3.63) is 0 Å². The van der Waals surface area contributed by atoms with Crippen molar-refractivity contribution in [1.82, 2.24) is 10.6 Å². The molecule has 100 valence electrons. The second-order valence-corrected chi connectivity index (χ2v) is 5.96. The Balaban J connectivity index is 2.34. The molecule has 1 fully saturated rings. The highest BCUT2D eigenvalue weighted by atomic mass is 32.1. The van der Waals surface area contributed by atoms with Gasteiger partial charge in [0.05, 0.1) is 0 Å². The first kappa shape index (κ1) is 14.7. The molecule has 2 nitrogen and oxygen atoms in total.